The molecule has 18 heavy (non-hydrogen) atoms. The van der Waals surface area contributed by atoms with Crippen LogP contribution in [0.4, 0.5) is 11.8 Å². The van der Waals surface area contributed by atoms with Crippen LogP contribution in [0.3, 0.4) is 0 Å². The molecule has 0 amide bonds. The van der Waals surface area contributed by atoms with Crippen molar-refractivity contribution in [2.75, 3.05) is 17.2 Å². The van der Waals surface area contributed by atoms with Gasteiger partial charge >= 0.3 is 0 Å². The first kappa shape index (κ1) is 11.3. The average molecular weight is 246 g/mol. The van der Waals surface area contributed by atoms with Gasteiger partial charge < -0.3 is 10.6 Å². The van der Waals surface area contributed by atoms with Crippen molar-refractivity contribution < 1.29 is 0 Å². The quantitative estimate of drug-likeness (QED) is 0.821. The van der Waals surface area contributed by atoms with E-state index in [1.54, 1.807) is 6.20 Å². The zero-order chi connectivity index (χ0) is 12.7. The minimum Gasteiger partial charge on any atom is -0.381 e. The molecule has 1 aliphatic heterocycles. The Kier molecular flexibility index (Phi) is 2.57. The van der Waals surface area contributed by atoms with Gasteiger partial charge in [0.15, 0.2) is 5.82 Å². The van der Waals surface area contributed by atoms with E-state index in [0.29, 0.717) is 17.5 Å². The van der Waals surface area contributed by atoms with Crippen LogP contribution in [-0.4, -0.2) is 32.2 Å². The van der Waals surface area contributed by atoms with Crippen molar-refractivity contribution in [3.05, 3.63) is 12.4 Å². The Morgan fingerprint density at radius 2 is 2.17 bits per heavy atom. The van der Waals surface area contributed by atoms with E-state index in [2.05, 4.69) is 33.9 Å². The van der Waals surface area contributed by atoms with Crippen LogP contribution in [0.1, 0.15) is 26.7 Å². The molecule has 96 valence electrons. The fraction of sp³-hybridized carbons (Fsp3) is 0.583. The Hall–Kier alpha value is -1.85. The maximum absolute atomic E-state index is 5.80. The summed E-state index contributed by atoms with van der Waals surface area (Å²) in [5, 5.41) is 8.40. The summed E-state index contributed by atoms with van der Waals surface area (Å²) in [6, 6.07) is 0.482. The Morgan fingerprint density at radius 1 is 1.33 bits per heavy atom. The molecule has 2 aromatic heterocycles. The largest absolute Gasteiger partial charge is 0.381 e. The van der Waals surface area contributed by atoms with Gasteiger partial charge in [0.05, 0.1) is 0 Å². The molecule has 3 rings (SSSR count). The Labute approximate surface area is 106 Å². The second-order valence-corrected chi connectivity index (χ2v) is 5.18. The minimum absolute atomic E-state index is 0.425. The van der Waals surface area contributed by atoms with Crippen molar-refractivity contribution in [3.8, 4) is 0 Å². The lowest BCUT2D eigenvalue weighted by molar-refractivity contribution is 0.373. The topological polar surface area (TPSA) is 72.3 Å². The smallest absolute Gasteiger partial charge is 0.232 e. The molecule has 0 radical (unpaired) electrons. The van der Waals surface area contributed by atoms with E-state index in [0.717, 1.165) is 18.4 Å². The molecular weight excluding hydrogens is 228 g/mol. The van der Waals surface area contributed by atoms with Crippen molar-refractivity contribution in [1.29, 1.82) is 0 Å². The Morgan fingerprint density at radius 3 is 2.94 bits per heavy atom. The lowest BCUT2D eigenvalue weighted by atomic mass is 9.94. The van der Waals surface area contributed by atoms with E-state index in [4.69, 9.17) is 5.73 Å². The van der Waals surface area contributed by atoms with Crippen LogP contribution in [0.15, 0.2) is 12.4 Å². The van der Waals surface area contributed by atoms with Gasteiger partial charge in [-0.3, -0.25) is 4.40 Å². The van der Waals surface area contributed by atoms with E-state index in [-0.39, 0.29) is 0 Å². The predicted octanol–water partition coefficient (Wildman–Crippen LogP) is 1.33. The second kappa shape index (κ2) is 4.12. The molecule has 2 atom stereocenters. The van der Waals surface area contributed by atoms with Gasteiger partial charge in [-0.05, 0) is 25.7 Å². The lowest BCUT2D eigenvalue weighted by Crippen LogP contribution is -2.41. The molecule has 1 saturated heterocycles. The van der Waals surface area contributed by atoms with Gasteiger partial charge in [-0.2, -0.15) is 0 Å². The molecule has 6 heteroatoms. The van der Waals surface area contributed by atoms with Gasteiger partial charge in [0, 0.05) is 25.0 Å². The molecule has 2 N–H and O–H groups in total. The van der Waals surface area contributed by atoms with E-state index < -0.39 is 0 Å². The van der Waals surface area contributed by atoms with Crippen LogP contribution in [0, 0.1) is 5.92 Å². The number of nitrogens with zero attached hydrogens (tertiary/aromatic N) is 5. The van der Waals surface area contributed by atoms with E-state index in [1.165, 1.54) is 12.8 Å². The Balaban J connectivity index is 2.02. The lowest BCUT2D eigenvalue weighted by Gasteiger charge is -2.36. The first-order valence-electron chi connectivity index (χ1n) is 6.38. The molecule has 1 aliphatic rings. The highest BCUT2D eigenvalue weighted by Gasteiger charge is 2.26. The number of nitrogens with two attached hydrogens (primary N) is 1. The fourth-order valence-corrected chi connectivity index (χ4v) is 2.73. The highest BCUT2D eigenvalue weighted by molar-refractivity contribution is 5.61. The molecule has 2 unspecified atom stereocenters. The average Bonchev–Trinajstić information content (AvgIpc) is 2.74. The molecule has 3 heterocycles. The van der Waals surface area contributed by atoms with Crippen LogP contribution < -0.4 is 10.6 Å². The van der Waals surface area contributed by atoms with Crippen molar-refractivity contribution in [2.24, 2.45) is 5.92 Å². The van der Waals surface area contributed by atoms with Gasteiger partial charge in [0.25, 0.3) is 0 Å². The molecule has 6 nitrogen and oxygen atoms in total. The molecule has 0 spiro atoms. The van der Waals surface area contributed by atoms with Crippen LogP contribution in [0.5, 0.6) is 0 Å². The maximum atomic E-state index is 5.80. The highest BCUT2D eigenvalue weighted by Crippen LogP contribution is 2.27. The number of aromatic nitrogens is 4. The van der Waals surface area contributed by atoms with Gasteiger partial charge in [0.2, 0.25) is 11.6 Å². The third-order valence-corrected chi connectivity index (χ3v) is 3.73. The minimum atomic E-state index is 0.425. The van der Waals surface area contributed by atoms with Crippen LogP contribution in [-0.2, 0) is 0 Å². The van der Waals surface area contributed by atoms with Crippen LogP contribution >= 0.6 is 0 Å². The van der Waals surface area contributed by atoms with E-state index >= 15 is 0 Å². The van der Waals surface area contributed by atoms with Crippen LogP contribution in [0.25, 0.3) is 5.65 Å². The number of hydrogen-bond acceptors (Lipinski definition) is 5. The summed E-state index contributed by atoms with van der Waals surface area (Å²) in [4.78, 5) is 6.34. The van der Waals surface area contributed by atoms with Crippen molar-refractivity contribution in [2.45, 2.75) is 32.7 Å². The molecule has 0 bridgehead atoms. The van der Waals surface area contributed by atoms with E-state index in [1.807, 2.05) is 10.6 Å². The van der Waals surface area contributed by atoms with Gasteiger partial charge in [-0.25, -0.2) is 4.98 Å². The molecule has 0 saturated carbocycles. The number of piperidine rings is 1. The third-order valence-electron chi connectivity index (χ3n) is 3.73. The molecule has 0 aromatic carbocycles. The predicted molar refractivity (Wildman–Crippen MR) is 70.4 cm³/mol. The summed E-state index contributed by atoms with van der Waals surface area (Å²) in [5.74, 6) is 2.08. The van der Waals surface area contributed by atoms with Gasteiger partial charge in [-0.1, -0.05) is 6.92 Å². The zero-order valence-electron chi connectivity index (χ0n) is 10.7. The molecule has 2 aromatic rings. The fourth-order valence-electron chi connectivity index (χ4n) is 2.73. The molecular formula is C12H18N6. The summed E-state index contributed by atoms with van der Waals surface area (Å²) >= 11 is 0. The van der Waals surface area contributed by atoms with Crippen molar-refractivity contribution in [1.82, 2.24) is 19.6 Å². The number of nitrogen functional groups attached to an aromatic ring is 1. The van der Waals surface area contributed by atoms with Gasteiger partial charge in [0.1, 0.15) is 0 Å². The first-order chi connectivity index (χ1) is 8.66. The third kappa shape index (κ3) is 1.68. The number of fused-ring (bicyclic) bond motifs is 1. The monoisotopic (exact) mass is 246 g/mol. The summed E-state index contributed by atoms with van der Waals surface area (Å²) < 4.78 is 1.93. The van der Waals surface area contributed by atoms with Crippen molar-refractivity contribution in [3.63, 3.8) is 0 Å². The van der Waals surface area contributed by atoms with Crippen LogP contribution in [0.2, 0.25) is 0 Å². The summed E-state index contributed by atoms with van der Waals surface area (Å²) in [5.41, 5.74) is 6.44. The second-order valence-electron chi connectivity index (χ2n) is 5.18. The summed E-state index contributed by atoms with van der Waals surface area (Å²) in [7, 11) is 0. The standard InChI is InChI=1S/C12H18N6/c1-8-3-5-17(9(2)7-8)12-16-15-11-10(13)14-4-6-18(11)12/h4,6,8-9H,3,5,7H2,1-2H3,(H2,13,14). The van der Waals surface area contributed by atoms with E-state index in [9.17, 15) is 0 Å². The zero-order valence-corrected chi connectivity index (χ0v) is 10.7. The summed E-state index contributed by atoms with van der Waals surface area (Å²) in [6.07, 6.45) is 5.94. The number of hydrogen-bond donors (Lipinski definition) is 1. The Bertz CT molecular complexity index is 563. The number of anilines is 2. The first-order valence-corrected chi connectivity index (χ1v) is 6.38. The summed E-state index contributed by atoms with van der Waals surface area (Å²) in [6.45, 7) is 5.56. The number of rotatable bonds is 1. The normalized spacial score (nSPS) is 24.7. The van der Waals surface area contributed by atoms with Crippen molar-refractivity contribution >= 4 is 17.4 Å². The highest BCUT2D eigenvalue weighted by atomic mass is 15.4. The molecule has 0 aliphatic carbocycles. The SMILES string of the molecule is CC1CCN(c2nnc3c(N)nccn23)C(C)C1. The molecule has 1 fully saturated rings. The van der Waals surface area contributed by atoms with Gasteiger partial charge in [-0.15, -0.1) is 10.2 Å². The maximum Gasteiger partial charge on any atom is 0.232 e.